The van der Waals surface area contributed by atoms with E-state index in [2.05, 4.69) is 24.1 Å². The predicted octanol–water partition coefficient (Wildman–Crippen LogP) is 5.87. The van der Waals surface area contributed by atoms with E-state index in [0.717, 1.165) is 11.3 Å². The van der Waals surface area contributed by atoms with E-state index in [0.29, 0.717) is 67.1 Å². The van der Waals surface area contributed by atoms with Crippen molar-refractivity contribution in [2.45, 2.75) is 26.9 Å². The van der Waals surface area contributed by atoms with Crippen LogP contribution in [0, 0.1) is 5.92 Å². The summed E-state index contributed by atoms with van der Waals surface area (Å²) >= 11 is 6.27. The molecule has 188 valence electrons. The first kappa shape index (κ1) is 25.6. The summed E-state index contributed by atoms with van der Waals surface area (Å²) in [4.78, 5) is 29.6. The van der Waals surface area contributed by atoms with Crippen LogP contribution in [-0.2, 0) is 11.4 Å². The van der Waals surface area contributed by atoms with Gasteiger partial charge in [-0.15, -0.1) is 0 Å². The number of carbonyl (C=O) groups is 2. The molecule has 36 heavy (non-hydrogen) atoms. The van der Waals surface area contributed by atoms with Crippen LogP contribution in [0.4, 0.5) is 11.4 Å². The van der Waals surface area contributed by atoms with Crippen LogP contribution < -0.4 is 15.0 Å². The van der Waals surface area contributed by atoms with Crippen molar-refractivity contribution >= 4 is 34.8 Å². The Morgan fingerprint density at radius 2 is 1.64 bits per heavy atom. The van der Waals surface area contributed by atoms with E-state index in [1.54, 1.807) is 30.3 Å². The van der Waals surface area contributed by atoms with Gasteiger partial charge in [0.2, 0.25) is 5.91 Å². The summed E-state index contributed by atoms with van der Waals surface area (Å²) in [6, 6.07) is 22.5. The highest BCUT2D eigenvalue weighted by Crippen LogP contribution is 2.31. The maximum absolute atomic E-state index is 13.0. The molecule has 0 bridgehead atoms. The molecule has 4 rings (SSSR count). The third-order valence-electron chi connectivity index (χ3n) is 6.13. The standard InChI is InChI=1S/C29H32ClN3O3/c1-21(2)18-28(34)33-16-14-32(15-17-33)27-13-10-24(30)19-26(27)31-29(35)23-8-11-25(12-9-23)36-20-22-6-4-3-5-7-22/h3-13,19,21H,14-18,20H2,1-2H3,(H,31,35). The zero-order valence-corrected chi connectivity index (χ0v) is 21.5. The lowest BCUT2D eigenvalue weighted by molar-refractivity contribution is -0.132. The van der Waals surface area contributed by atoms with Gasteiger partial charge in [0.25, 0.3) is 5.91 Å². The Kier molecular flexibility index (Phi) is 8.49. The normalized spacial score (nSPS) is 13.6. The lowest BCUT2D eigenvalue weighted by atomic mass is 10.1. The Morgan fingerprint density at radius 1 is 0.944 bits per heavy atom. The highest BCUT2D eigenvalue weighted by molar-refractivity contribution is 6.31. The molecule has 6 nitrogen and oxygen atoms in total. The summed E-state index contributed by atoms with van der Waals surface area (Å²) in [7, 11) is 0. The third kappa shape index (κ3) is 6.79. The highest BCUT2D eigenvalue weighted by Gasteiger charge is 2.23. The van der Waals surface area contributed by atoms with Crippen LogP contribution in [-0.4, -0.2) is 42.9 Å². The molecular weight excluding hydrogens is 474 g/mol. The van der Waals surface area contributed by atoms with E-state index >= 15 is 0 Å². The monoisotopic (exact) mass is 505 g/mol. The molecular formula is C29H32ClN3O3. The number of hydrogen-bond donors (Lipinski definition) is 1. The summed E-state index contributed by atoms with van der Waals surface area (Å²) in [5, 5.41) is 3.56. The van der Waals surface area contributed by atoms with Gasteiger partial charge in [0.05, 0.1) is 11.4 Å². The van der Waals surface area contributed by atoms with Crippen LogP contribution in [0.3, 0.4) is 0 Å². The fourth-order valence-corrected chi connectivity index (χ4v) is 4.37. The number of anilines is 2. The molecule has 3 aromatic carbocycles. The van der Waals surface area contributed by atoms with Crippen LogP contribution in [0.2, 0.25) is 5.02 Å². The van der Waals surface area contributed by atoms with E-state index in [9.17, 15) is 9.59 Å². The highest BCUT2D eigenvalue weighted by atomic mass is 35.5. The lowest BCUT2D eigenvalue weighted by Crippen LogP contribution is -2.49. The topological polar surface area (TPSA) is 61.9 Å². The van der Waals surface area contributed by atoms with Gasteiger partial charge in [-0.3, -0.25) is 9.59 Å². The quantitative estimate of drug-likeness (QED) is 0.416. The number of rotatable bonds is 8. The summed E-state index contributed by atoms with van der Waals surface area (Å²) in [5.41, 5.74) is 3.15. The second kappa shape index (κ2) is 12.0. The van der Waals surface area contributed by atoms with Gasteiger partial charge in [0.15, 0.2) is 0 Å². The Hall–Kier alpha value is -3.51. The maximum Gasteiger partial charge on any atom is 0.255 e. The molecule has 1 saturated heterocycles. The molecule has 3 aromatic rings. The molecule has 7 heteroatoms. The van der Waals surface area contributed by atoms with Gasteiger partial charge < -0.3 is 19.9 Å². The molecule has 0 aliphatic carbocycles. The number of halogens is 1. The Morgan fingerprint density at radius 3 is 2.31 bits per heavy atom. The Bertz CT molecular complexity index is 1170. The molecule has 0 aromatic heterocycles. The summed E-state index contributed by atoms with van der Waals surface area (Å²) < 4.78 is 5.82. The van der Waals surface area contributed by atoms with E-state index in [4.69, 9.17) is 16.3 Å². The van der Waals surface area contributed by atoms with E-state index in [-0.39, 0.29) is 11.8 Å². The number of benzene rings is 3. The third-order valence-corrected chi connectivity index (χ3v) is 6.36. The van der Waals surface area contributed by atoms with Gasteiger partial charge in [0.1, 0.15) is 12.4 Å². The fraction of sp³-hybridized carbons (Fsp3) is 0.310. The van der Waals surface area contributed by atoms with E-state index in [1.807, 2.05) is 47.4 Å². The SMILES string of the molecule is CC(C)CC(=O)N1CCN(c2ccc(Cl)cc2NC(=O)c2ccc(OCc3ccccc3)cc2)CC1. The minimum Gasteiger partial charge on any atom is -0.489 e. The minimum atomic E-state index is -0.223. The fourth-order valence-electron chi connectivity index (χ4n) is 4.20. The second-order valence-corrected chi connectivity index (χ2v) is 9.82. The van der Waals surface area contributed by atoms with Crippen molar-refractivity contribution in [2.75, 3.05) is 36.4 Å². The van der Waals surface area contributed by atoms with Gasteiger partial charge in [-0.1, -0.05) is 55.8 Å². The van der Waals surface area contributed by atoms with Crippen molar-refractivity contribution in [1.82, 2.24) is 4.90 Å². The molecule has 1 fully saturated rings. The average molecular weight is 506 g/mol. The number of hydrogen-bond acceptors (Lipinski definition) is 4. The van der Waals surface area contributed by atoms with Crippen molar-refractivity contribution in [1.29, 1.82) is 0 Å². The number of carbonyl (C=O) groups excluding carboxylic acids is 2. The van der Waals surface area contributed by atoms with Crippen LogP contribution in [0.1, 0.15) is 36.2 Å². The first-order chi connectivity index (χ1) is 17.4. The van der Waals surface area contributed by atoms with Crippen LogP contribution in [0.25, 0.3) is 0 Å². The van der Waals surface area contributed by atoms with Crippen molar-refractivity contribution in [3.63, 3.8) is 0 Å². The Labute approximate surface area is 217 Å². The largest absolute Gasteiger partial charge is 0.489 e. The molecule has 1 heterocycles. The van der Waals surface area contributed by atoms with Crippen LogP contribution in [0.5, 0.6) is 5.75 Å². The zero-order valence-electron chi connectivity index (χ0n) is 20.7. The van der Waals surface area contributed by atoms with Gasteiger partial charge in [-0.2, -0.15) is 0 Å². The van der Waals surface area contributed by atoms with Crippen LogP contribution in [0.15, 0.2) is 72.8 Å². The predicted molar refractivity (Wildman–Crippen MR) is 145 cm³/mol. The molecule has 0 radical (unpaired) electrons. The van der Waals surface area contributed by atoms with Gasteiger partial charge in [-0.05, 0) is 53.9 Å². The number of ether oxygens (including phenoxy) is 1. The second-order valence-electron chi connectivity index (χ2n) is 9.38. The smallest absolute Gasteiger partial charge is 0.255 e. The summed E-state index contributed by atoms with van der Waals surface area (Å²) in [6.45, 7) is 7.29. The van der Waals surface area contributed by atoms with E-state index in [1.165, 1.54) is 0 Å². The number of nitrogens with one attached hydrogen (secondary N) is 1. The molecule has 0 atom stereocenters. The molecule has 0 saturated carbocycles. The zero-order chi connectivity index (χ0) is 25.5. The molecule has 1 aliphatic heterocycles. The molecule has 1 aliphatic rings. The molecule has 0 spiro atoms. The first-order valence-corrected chi connectivity index (χ1v) is 12.7. The molecule has 0 unspecified atom stereocenters. The summed E-state index contributed by atoms with van der Waals surface area (Å²) in [5.74, 6) is 1.02. The van der Waals surface area contributed by atoms with Gasteiger partial charge in [0, 0.05) is 43.2 Å². The average Bonchev–Trinajstić information content (AvgIpc) is 2.88. The molecule has 2 amide bonds. The number of amides is 2. The Balaban J connectivity index is 1.38. The molecule has 1 N–H and O–H groups in total. The van der Waals surface area contributed by atoms with Gasteiger partial charge in [-0.25, -0.2) is 0 Å². The maximum atomic E-state index is 13.0. The van der Waals surface area contributed by atoms with Crippen molar-refractivity contribution < 1.29 is 14.3 Å². The van der Waals surface area contributed by atoms with Gasteiger partial charge >= 0.3 is 0 Å². The van der Waals surface area contributed by atoms with E-state index < -0.39 is 0 Å². The summed E-state index contributed by atoms with van der Waals surface area (Å²) in [6.07, 6.45) is 0.568. The van der Waals surface area contributed by atoms with Crippen molar-refractivity contribution in [2.24, 2.45) is 5.92 Å². The minimum absolute atomic E-state index is 0.200. The van der Waals surface area contributed by atoms with Crippen LogP contribution >= 0.6 is 11.6 Å². The number of nitrogens with zero attached hydrogens (tertiary/aromatic N) is 2. The number of piperazine rings is 1. The van der Waals surface area contributed by atoms with Crippen molar-refractivity contribution in [3.05, 3.63) is 88.9 Å². The lowest BCUT2D eigenvalue weighted by Gasteiger charge is -2.37. The first-order valence-electron chi connectivity index (χ1n) is 12.3. The van der Waals surface area contributed by atoms with Crippen molar-refractivity contribution in [3.8, 4) is 5.75 Å².